The van der Waals surface area contributed by atoms with Crippen molar-refractivity contribution >= 4 is 12.1 Å². The number of hydrogen-bond donors (Lipinski definition) is 2. The maximum atomic E-state index is 11.7. The van der Waals surface area contributed by atoms with Crippen LogP contribution in [-0.4, -0.2) is 61.4 Å². The molecule has 1 aromatic heterocycles. The van der Waals surface area contributed by atoms with E-state index in [0.717, 1.165) is 48.8 Å². The number of hydrogen-bond acceptors (Lipinski definition) is 5. The largest absolute Gasteiger partial charge is 0.450 e. The first-order valence-corrected chi connectivity index (χ1v) is 8.85. The molecule has 0 aliphatic carbocycles. The number of carbonyl (C=O) groups excluding carboxylic acids is 1. The van der Waals surface area contributed by atoms with Crippen molar-refractivity contribution in [2.75, 3.05) is 33.3 Å². The Kier molecular flexibility index (Phi) is 7.09. The van der Waals surface area contributed by atoms with Crippen molar-refractivity contribution in [3.8, 4) is 0 Å². The summed E-state index contributed by atoms with van der Waals surface area (Å²) >= 11 is 0. The molecule has 2 N–H and O–H groups in total. The number of aliphatic imine (C=N–C) groups is 1. The van der Waals surface area contributed by atoms with Crippen molar-refractivity contribution in [3.05, 3.63) is 17.0 Å². The van der Waals surface area contributed by atoms with Crippen LogP contribution in [0.25, 0.3) is 0 Å². The highest BCUT2D eigenvalue weighted by Crippen LogP contribution is 2.13. The van der Waals surface area contributed by atoms with Crippen LogP contribution in [0.4, 0.5) is 4.79 Å². The zero-order chi connectivity index (χ0) is 18.2. The van der Waals surface area contributed by atoms with Crippen molar-refractivity contribution in [2.24, 2.45) is 4.99 Å². The lowest BCUT2D eigenvalue weighted by Crippen LogP contribution is -2.50. The minimum Gasteiger partial charge on any atom is -0.450 e. The lowest BCUT2D eigenvalue weighted by Gasteiger charge is -2.32. The molecular formula is C17H29N5O3. The number of guanidine groups is 1. The molecule has 1 aliphatic heterocycles. The molecular weight excluding hydrogens is 322 g/mol. The molecule has 2 heterocycles. The van der Waals surface area contributed by atoms with E-state index >= 15 is 0 Å². The topological polar surface area (TPSA) is 92.0 Å². The highest BCUT2D eigenvalue weighted by Gasteiger charge is 2.24. The second kappa shape index (κ2) is 9.29. The Bertz CT molecular complexity index is 572. The van der Waals surface area contributed by atoms with E-state index in [2.05, 4.69) is 20.8 Å². The minimum absolute atomic E-state index is 0.220. The monoisotopic (exact) mass is 351 g/mol. The molecule has 0 aromatic carbocycles. The number of carbonyl (C=O) groups is 1. The van der Waals surface area contributed by atoms with Crippen LogP contribution < -0.4 is 10.6 Å². The van der Waals surface area contributed by atoms with Gasteiger partial charge in [-0.25, -0.2) is 4.79 Å². The van der Waals surface area contributed by atoms with E-state index in [0.29, 0.717) is 25.7 Å². The summed E-state index contributed by atoms with van der Waals surface area (Å²) in [5.74, 6) is 1.65. The van der Waals surface area contributed by atoms with E-state index < -0.39 is 0 Å². The lowest BCUT2D eigenvalue weighted by molar-refractivity contribution is 0.0963. The molecule has 1 aromatic rings. The molecule has 0 atom stereocenters. The zero-order valence-electron chi connectivity index (χ0n) is 15.6. The van der Waals surface area contributed by atoms with E-state index in [9.17, 15) is 4.79 Å². The van der Waals surface area contributed by atoms with Gasteiger partial charge in [0.25, 0.3) is 0 Å². The van der Waals surface area contributed by atoms with Gasteiger partial charge in [0.1, 0.15) is 5.76 Å². The third kappa shape index (κ3) is 5.37. The highest BCUT2D eigenvalue weighted by molar-refractivity contribution is 5.80. The van der Waals surface area contributed by atoms with Gasteiger partial charge in [-0.3, -0.25) is 4.99 Å². The second-order valence-corrected chi connectivity index (χ2v) is 6.16. The van der Waals surface area contributed by atoms with Crippen LogP contribution in [0.2, 0.25) is 0 Å². The van der Waals surface area contributed by atoms with Gasteiger partial charge in [-0.1, -0.05) is 5.16 Å². The SMILES string of the molecule is CCOC(=O)N1CCC(NC(=NC)NCCc2c(C)noc2C)CC1. The maximum Gasteiger partial charge on any atom is 0.409 e. The van der Waals surface area contributed by atoms with E-state index in [-0.39, 0.29) is 6.09 Å². The van der Waals surface area contributed by atoms with Gasteiger partial charge in [0, 0.05) is 38.3 Å². The number of piperidine rings is 1. The molecule has 25 heavy (non-hydrogen) atoms. The summed E-state index contributed by atoms with van der Waals surface area (Å²) in [6.45, 7) is 8.28. The Labute approximate surface area is 149 Å². The van der Waals surface area contributed by atoms with Crippen molar-refractivity contribution in [2.45, 2.75) is 46.1 Å². The van der Waals surface area contributed by atoms with Crippen molar-refractivity contribution in [3.63, 3.8) is 0 Å². The van der Waals surface area contributed by atoms with Crippen LogP contribution in [0.3, 0.4) is 0 Å². The molecule has 1 amide bonds. The summed E-state index contributed by atoms with van der Waals surface area (Å²) in [5, 5.41) is 10.7. The molecule has 0 unspecified atom stereocenters. The number of nitrogens with zero attached hydrogens (tertiary/aromatic N) is 3. The molecule has 1 saturated heterocycles. The number of nitrogens with one attached hydrogen (secondary N) is 2. The van der Waals surface area contributed by atoms with Gasteiger partial charge in [-0.15, -0.1) is 0 Å². The zero-order valence-corrected chi connectivity index (χ0v) is 15.6. The molecule has 0 radical (unpaired) electrons. The number of amides is 1. The standard InChI is InChI=1S/C17H29N5O3/c1-5-24-17(23)22-10-7-14(8-11-22)20-16(18-4)19-9-6-15-12(2)21-25-13(15)3/h14H,5-11H2,1-4H3,(H2,18,19,20). The molecule has 1 fully saturated rings. The third-order valence-corrected chi connectivity index (χ3v) is 4.43. The number of aryl methyl sites for hydroxylation is 2. The second-order valence-electron chi connectivity index (χ2n) is 6.16. The number of likely N-dealkylation sites (tertiary alicyclic amines) is 1. The average Bonchev–Trinajstić information content (AvgIpc) is 2.93. The summed E-state index contributed by atoms with van der Waals surface area (Å²) in [5.41, 5.74) is 2.08. The van der Waals surface area contributed by atoms with Crippen molar-refractivity contribution < 1.29 is 14.1 Å². The summed E-state index contributed by atoms with van der Waals surface area (Å²) in [4.78, 5) is 17.8. The molecule has 8 nitrogen and oxygen atoms in total. The Hall–Kier alpha value is -2.25. The smallest absolute Gasteiger partial charge is 0.409 e. The fourth-order valence-corrected chi connectivity index (χ4v) is 2.97. The van der Waals surface area contributed by atoms with Crippen LogP contribution >= 0.6 is 0 Å². The molecule has 1 aliphatic rings. The van der Waals surface area contributed by atoms with Crippen molar-refractivity contribution in [1.82, 2.24) is 20.7 Å². The number of ether oxygens (including phenoxy) is 1. The Morgan fingerprint density at radius 3 is 2.68 bits per heavy atom. The Morgan fingerprint density at radius 1 is 1.40 bits per heavy atom. The molecule has 2 rings (SSSR count). The fraction of sp³-hybridized carbons (Fsp3) is 0.706. The quantitative estimate of drug-likeness (QED) is 0.619. The first-order chi connectivity index (χ1) is 12.0. The summed E-state index contributed by atoms with van der Waals surface area (Å²) < 4.78 is 10.2. The highest BCUT2D eigenvalue weighted by atomic mass is 16.6. The Morgan fingerprint density at radius 2 is 2.12 bits per heavy atom. The summed E-state index contributed by atoms with van der Waals surface area (Å²) in [7, 11) is 1.76. The lowest BCUT2D eigenvalue weighted by atomic mass is 10.1. The summed E-state index contributed by atoms with van der Waals surface area (Å²) in [6.07, 6.45) is 2.37. The van der Waals surface area contributed by atoms with Gasteiger partial charge in [0.05, 0.1) is 12.3 Å². The fourth-order valence-electron chi connectivity index (χ4n) is 2.97. The van der Waals surface area contributed by atoms with Gasteiger partial charge in [-0.2, -0.15) is 0 Å². The Balaban J connectivity index is 1.73. The molecule has 0 bridgehead atoms. The number of aromatic nitrogens is 1. The first kappa shape index (κ1) is 19.1. The van der Waals surface area contributed by atoms with Gasteiger partial charge in [0.2, 0.25) is 0 Å². The van der Waals surface area contributed by atoms with Gasteiger partial charge < -0.3 is 24.8 Å². The predicted octanol–water partition coefficient (Wildman–Crippen LogP) is 1.62. The van der Waals surface area contributed by atoms with E-state index in [1.165, 1.54) is 0 Å². The van der Waals surface area contributed by atoms with Gasteiger partial charge in [0.15, 0.2) is 5.96 Å². The number of rotatable bonds is 5. The normalized spacial score (nSPS) is 16.0. The van der Waals surface area contributed by atoms with Gasteiger partial charge in [-0.05, 0) is 40.0 Å². The van der Waals surface area contributed by atoms with Crippen LogP contribution in [-0.2, 0) is 11.2 Å². The first-order valence-electron chi connectivity index (χ1n) is 8.85. The predicted molar refractivity (Wildman–Crippen MR) is 95.8 cm³/mol. The molecule has 140 valence electrons. The molecule has 0 spiro atoms. The minimum atomic E-state index is -0.220. The third-order valence-electron chi connectivity index (χ3n) is 4.43. The molecule has 0 saturated carbocycles. The van der Waals surface area contributed by atoms with E-state index in [1.807, 2.05) is 20.8 Å². The maximum absolute atomic E-state index is 11.7. The van der Waals surface area contributed by atoms with E-state index in [1.54, 1.807) is 11.9 Å². The van der Waals surface area contributed by atoms with Crippen LogP contribution in [0.15, 0.2) is 9.52 Å². The van der Waals surface area contributed by atoms with Gasteiger partial charge >= 0.3 is 6.09 Å². The van der Waals surface area contributed by atoms with Crippen LogP contribution in [0.1, 0.15) is 36.8 Å². The summed E-state index contributed by atoms with van der Waals surface area (Å²) in [6, 6.07) is 0.302. The van der Waals surface area contributed by atoms with E-state index in [4.69, 9.17) is 9.26 Å². The average molecular weight is 351 g/mol. The van der Waals surface area contributed by atoms with Crippen molar-refractivity contribution in [1.29, 1.82) is 0 Å². The van der Waals surface area contributed by atoms with Crippen LogP contribution in [0, 0.1) is 13.8 Å². The van der Waals surface area contributed by atoms with Crippen LogP contribution in [0.5, 0.6) is 0 Å². The molecule has 8 heteroatoms.